The molecule has 0 atom stereocenters. The quantitative estimate of drug-likeness (QED) is 0.516. The average molecular weight is 340 g/mol. The fraction of sp³-hybridized carbons (Fsp3) is 0.429. The Morgan fingerprint density at radius 3 is 2.72 bits per heavy atom. The Kier molecular flexibility index (Phi) is 5.95. The first kappa shape index (κ1) is 17.8. The van der Waals surface area contributed by atoms with Gasteiger partial charge in [-0.05, 0) is 44.0 Å². The number of ether oxygens (including phenoxy) is 1. The summed E-state index contributed by atoms with van der Waals surface area (Å²) in [6.45, 7) is 6.14. The molecule has 2 aromatic carbocycles. The Hall–Kier alpha value is -2.04. The average Bonchev–Trinajstić information content (AvgIpc) is 2.98. The van der Waals surface area contributed by atoms with Crippen LogP contribution >= 0.6 is 0 Å². The molecular formula is C21H28N2O2. The molecule has 3 rings (SSSR count). The maximum Gasteiger partial charge on any atom is 0.124 e. The predicted octanol–water partition coefficient (Wildman–Crippen LogP) is 4.01. The van der Waals surface area contributed by atoms with Crippen LogP contribution in [0, 0.1) is 0 Å². The molecule has 0 aliphatic heterocycles. The van der Waals surface area contributed by atoms with Gasteiger partial charge in [0, 0.05) is 34.5 Å². The van der Waals surface area contributed by atoms with Gasteiger partial charge in [0.25, 0.3) is 0 Å². The van der Waals surface area contributed by atoms with Crippen molar-refractivity contribution < 1.29 is 9.84 Å². The number of hydrogen-bond donors (Lipinski definition) is 3. The van der Waals surface area contributed by atoms with Gasteiger partial charge >= 0.3 is 0 Å². The van der Waals surface area contributed by atoms with Crippen molar-refractivity contribution in [1.29, 1.82) is 0 Å². The molecule has 1 aromatic heterocycles. The highest BCUT2D eigenvalue weighted by molar-refractivity contribution is 6.08. The second-order valence-corrected chi connectivity index (χ2v) is 6.77. The molecule has 0 spiro atoms. The largest absolute Gasteiger partial charge is 0.493 e. The maximum absolute atomic E-state index is 9.27. The van der Waals surface area contributed by atoms with Crippen LogP contribution < -0.4 is 10.1 Å². The third kappa shape index (κ3) is 4.14. The van der Waals surface area contributed by atoms with E-state index in [1.54, 1.807) is 0 Å². The Balaban J connectivity index is 1.85. The lowest BCUT2D eigenvalue weighted by Gasteiger charge is -2.13. The van der Waals surface area contributed by atoms with Crippen LogP contribution in [0.5, 0.6) is 5.75 Å². The van der Waals surface area contributed by atoms with Crippen LogP contribution in [-0.4, -0.2) is 35.9 Å². The maximum atomic E-state index is 9.27. The summed E-state index contributed by atoms with van der Waals surface area (Å²) in [6, 6.07) is 13.1. The number of rotatable bonds is 9. The molecule has 134 valence electrons. The third-order valence-corrected chi connectivity index (χ3v) is 4.46. The van der Waals surface area contributed by atoms with Crippen molar-refractivity contribution in [2.24, 2.45) is 0 Å². The first-order valence-corrected chi connectivity index (χ1v) is 9.20. The number of aliphatic hydroxyl groups excluding tert-OH is 1. The van der Waals surface area contributed by atoms with Gasteiger partial charge in [0.1, 0.15) is 5.75 Å². The second-order valence-electron chi connectivity index (χ2n) is 6.77. The molecule has 1 heterocycles. The highest BCUT2D eigenvalue weighted by Crippen LogP contribution is 2.33. The van der Waals surface area contributed by atoms with E-state index in [1.807, 2.05) is 6.07 Å². The molecular weight excluding hydrogens is 312 g/mol. The van der Waals surface area contributed by atoms with Gasteiger partial charge in [0.15, 0.2) is 0 Å². The van der Waals surface area contributed by atoms with Gasteiger partial charge in [0.05, 0.1) is 12.1 Å². The van der Waals surface area contributed by atoms with Crippen molar-refractivity contribution in [2.45, 2.75) is 39.2 Å². The first-order valence-electron chi connectivity index (χ1n) is 9.20. The van der Waals surface area contributed by atoms with Crippen molar-refractivity contribution in [2.75, 3.05) is 19.8 Å². The highest BCUT2D eigenvalue weighted by Gasteiger charge is 2.13. The smallest absolute Gasteiger partial charge is 0.124 e. The minimum atomic E-state index is 0.189. The van der Waals surface area contributed by atoms with Gasteiger partial charge < -0.3 is 20.1 Å². The summed E-state index contributed by atoms with van der Waals surface area (Å²) < 4.78 is 6.08. The van der Waals surface area contributed by atoms with Crippen molar-refractivity contribution >= 4 is 21.8 Å². The van der Waals surface area contributed by atoms with Crippen LogP contribution in [-0.2, 0) is 6.42 Å². The standard InChI is InChI=1S/C21H28N2O2/c1-15(2)22-12-6-14-25-20-11-10-17-16-7-3-4-9-19(16)23-21(17)18(20)8-5-13-24/h3-4,7,9-11,15,22-24H,5-6,8,12-14H2,1-2H3. The van der Waals surface area contributed by atoms with Gasteiger partial charge in [0.2, 0.25) is 0 Å². The van der Waals surface area contributed by atoms with Gasteiger partial charge in [-0.25, -0.2) is 0 Å². The minimum Gasteiger partial charge on any atom is -0.493 e. The Bertz CT molecular complexity index is 823. The molecule has 4 heteroatoms. The molecule has 3 aromatic rings. The number of fused-ring (bicyclic) bond motifs is 3. The highest BCUT2D eigenvalue weighted by atomic mass is 16.5. The number of para-hydroxylation sites is 1. The van der Waals surface area contributed by atoms with Crippen molar-refractivity contribution in [1.82, 2.24) is 10.3 Å². The van der Waals surface area contributed by atoms with Crippen LogP contribution in [0.15, 0.2) is 36.4 Å². The molecule has 0 fully saturated rings. The number of hydrogen-bond acceptors (Lipinski definition) is 3. The van der Waals surface area contributed by atoms with E-state index in [2.05, 4.69) is 54.5 Å². The number of aromatic amines is 1. The van der Waals surface area contributed by atoms with Crippen LogP contribution in [0.25, 0.3) is 21.8 Å². The summed E-state index contributed by atoms with van der Waals surface area (Å²) in [4.78, 5) is 3.54. The zero-order valence-electron chi connectivity index (χ0n) is 15.1. The molecule has 0 radical (unpaired) electrons. The van der Waals surface area contributed by atoms with Crippen LogP contribution in [0.3, 0.4) is 0 Å². The van der Waals surface area contributed by atoms with E-state index in [9.17, 15) is 5.11 Å². The zero-order chi connectivity index (χ0) is 17.6. The second kappa shape index (κ2) is 8.37. The molecule has 0 aliphatic carbocycles. The predicted molar refractivity (Wildman–Crippen MR) is 104 cm³/mol. The summed E-state index contributed by atoms with van der Waals surface area (Å²) >= 11 is 0. The SMILES string of the molecule is CC(C)NCCCOc1ccc2c([nH]c3ccccc32)c1CCCO. The van der Waals surface area contributed by atoms with E-state index in [0.29, 0.717) is 12.6 Å². The molecule has 0 saturated carbocycles. The molecule has 25 heavy (non-hydrogen) atoms. The van der Waals surface area contributed by atoms with Crippen molar-refractivity contribution in [3.05, 3.63) is 42.0 Å². The Morgan fingerprint density at radius 2 is 1.92 bits per heavy atom. The van der Waals surface area contributed by atoms with E-state index >= 15 is 0 Å². The normalized spacial score (nSPS) is 11.7. The van der Waals surface area contributed by atoms with E-state index in [0.717, 1.165) is 42.6 Å². The van der Waals surface area contributed by atoms with Crippen LogP contribution in [0.1, 0.15) is 32.3 Å². The molecule has 4 nitrogen and oxygen atoms in total. The van der Waals surface area contributed by atoms with E-state index < -0.39 is 0 Å². The summed E-state index contributed by atoms with van der Waals surface area (Å²) in [5, 5.41) is 15.1. The topological polar surface area (TPSA) is 57.3 Å². The van der Waals surface area contributed by atoms with Gasteiger partial charge in [-0.2, -0.15) is 0 Å². The Morgan fingerprint density at radius 1 is 1.08 bits per heavy atom. The summed E-state index contributed by atoms with van der Waals surface area (Å²) in [7, 11) is 0. The number of aromatic nitrogens is 1. The molecule has 0 aliphatic rings. The lowest BCUT2D eigenvalue weighted by atomic mass is 10.0. The monoisotopic (exact) mass is 340 g/mol. The van der Waals surface area contributed by atoms with Gasteiger partial charge in [-0.1, -0.05) is 32.0 Å². The number of aliphatic hydroxyl groups is 1. The number of aryl methyl sites for hydroxylation is 1. The fourth-order valence-electron chi connectivity index (χ4n) is 3.24. The minimum absolute atomic E-state index is 0.189. The van der Waals surface area contributed by atoms with E-state index in [-0.39, 0.29) is 6.61 Å². The lowest BCUT2D eigenvalue weighted by molar-refractivity contribution is 0.284. The summed E-state index contributed by atoms with van der Waals surface area (Å²) in [6.07, 6.45) is 2.52. The third-order valence-electron chi connectivity index (χ3n) is 4.46. The number of benzene rings is 2. The van der Waals surface area contributed by atoms with Gasteiger partial charge in [-0.3, -0.25) is 0 Å². The Labute approximate surface area is 149 Å². The van der Waals surface area contributed by atoms with Crippen molar-refractivity contribution in [3.63, 3.8) is 0 Å². The van der Waals surface area contributed by atoms with E-state index in [1.165, 1.54) is 16.3 Å². The molecule has 0 unspecified atom stereocenters. The fourth-order valence-corrected chi connectivity index (χ4v) is 3.24. The molecule has 0 amide bonds. The van der Waals surface area contributed by atoms with Gasteiger partial charge in [-0.15, -0.1) is 0 Å². The molecule has 3 N–H and O–H groups in total. The van der Waals surface area contributed by atoms with E-state index in [4.69, 9.17) is 4.74 Å². The zero-order valence-corrected chi connectivity index (χ0v) is 15.1. The summed E-state index contributed by atoms with van der Waals surface area (Å²) in [5.41, 5.74) is 3.44. The lowest BCUT2D eigenvalue weighted by Crippen LogP contribution is -2.24. The van der Waals surface area contributed by atoms with Crippen molar-refractivity contribution in [3.8, 4) is 5.75 Å². The number of nitrogens with one attached hydrogen (secondary N) is 2. The molecule has 0 bridgehead atoms. The van der Waals surface area contributed by atoms with Crippen LogP contribution in [0.2, 0.25) is 0 Å². The summed E-state index contributed by atoms with van der Waals surface area (Å²) in [5.74, 6) is 0.928. The van der Waals surface area contributed by atoms with Crippen LogP contribution in [0.4, 0.5) is 0 Å². The number of H-pyrrole nitrogens is 1. The first-order chi connectivity index (χ1) is 12.2. The molecule has 0 saturated heterocycles.